The van der Waals surface area contributed by atoms with Crippen molar-refractivity contribution >= 4 is 29.6 Å². The number of carbonyl (C=O) groups excluding carboxylic acids is 1. The van der Waals surface area contributed by atoms with Gasteiger partial charge in [-0.25, -0.2) is 4.79 Å². The molecule has 1 aromatic carbocycles. The molecule has 3 heterocycles. The molecule has 4 rings (SSSR count). The Balaban J connectivity index is 1.46. The molecule has 2 aliphatic heterocycles. The maximum absolute atomic E-state index is 12.3. The van der Waals surface area contributed by atoms with Crippen LogP contribution in [0.15, 0.2) is 30.3 Å². The summed E-state index contributed by atoms with van der Waals surface area (Å²) in [6.07, 6.45) is 1.58. The van der Waals surface area contributed by atoms with E-state index in [0.717, 1.165) is 34.9 Å². The first-order chi connectivity index (χ1) is 14.5. The summed E-state index contributed by atoms with van der Waals surface area (Å²) in [5.74, 6) is 0.338. The molecular weight excluding hydrogens is 391 g/mol. The summed E-state index contributed by atoms with van der Waals surface area (Å²) < 4.78 is 17.6. The highest BCUT2D eigenvalue weighted by molar-refractivity contribution is 6.62. The van der Waals surface area contributed by atoms with Gasteiger partial charge in [0.05, 0.1) is 17.2 Å². The standard InChI is InChI=1S/C24H33BN2O4/c1-16-24(5,6)31-25(30-16)19-9-7-17-8-10-20(26-21(17)15-19)18-11-13-27(14-12-18)22(28)29-23(2,3)4/h7-10,15-16,18H,11-14H2,1-6H3. The Morgan fingerprint density at radius 3 is 2.48 bits per heavy atom. The van der Waals surface area contributed by atoms with E-state index in [-0.39, 0.29) is 24.9 Å². The molecule has 31 heavy (non-hydrogen) atoms. The predicted octanol–water partition coefficient (Wildman–Crippen LogP) is 4.26. The molecule has 0 saturated carbocycles. The molecule has 1 atom stereocenters. The first-order valence-corrected chi connectivity index (χ1v) is 11.2. The molecule has 2 saturated heterocycles. The van der Waals surface area contributed by atoms with E-state index in [4.69, 9.17) is 19.0 Å². The third-order valence-corrected chi connectivity index (χ3v) is 6.29. The van der Waals surface area contributed by atoms with E-state index in [2.05, 4.69) is 44.2 Å². The van der Waals surface area contributed by atoms with Crippen LogP contribution in [0.5, 0.6) is 0 Å². The SMILES string of the molecule is CC1OB(c2ccc3ccc(C4CCN(C(=O)OC(C)(C)C)CC4)nc3c2)OC1(C)C. The second-order valence-corrected chi connectivity index (χ2v) is 10.3. The molecule has 2 aliphatic rings. The van der Waals surface area contributed by atoms with Crippen LogP contribution in [0.3, 0.4) is 0 Å². The van der Waals surface area contributed by atoms with Gasteiger partial charge in [0.25, 0.3) is 0 Å². The number of hydrogen-bond donors (Lipinski definition) is 0. The number of fused-ring (bicyclic) bond motifs is 1. The van der Waals surface area contributed by atoms with Gasteiger partial charge in [-0.05, 0) is 72.0 Å². The van der Waals surface area contributed by atoms with Crippen LogP contribution in [0.1, 0.15) is 66.0 Å². The van der Waals surface area contributed by atoms with Crippen molar-refractivity contribution in [2.75, 3.05) is 13.1 Å². The summed E-state index contributed by atoms with van der Waals surface area (Å²) >= 11 is 0. The van der Waals surface area contributed by atoms with Crippen molar-refractivity contribution in [3.05, 3.63) is 36.0 Å². The van der Waals surface area contributed by atoms with Gasteiger partial charge in [-0.15, -0.1) is 0 Å². The van der Waals surface area contributed by atoms with Gasteiger partial charge in [-0.1, -0.05) is 18.2 Å². The van der Waals surface area contributed by atoms with Gasteiger partial charge in [0.15, 0.2) is 0 Å². The molecule has 0 N–H and O–H groups in total. The second kappa shape index (κ2) is 8.10. The molecule has 0 spiro atoms. The predicted molar refractivity (Wildman–Crippen MR) is 123 cm³/mol. The molecule has 0 bridgehead atoms. The third kappa shape index (κ3) is 4.88. The number of piperidine rings is 1. The summed E-state index contributed by atoms with van der Waals surface area (Å²) in [6, 6.07) is 10.5. The molecular formula is C24H33BN2O4. The summed E-state index contributed by atoms with van der Waals surface area (Å²) in [5.41, 5.74) is 2.25. The second-order valence-electron chi connectivity index (χ2n) is 10.3. The van der Waals surface area contributed by atoms with Crippen LogP contribution >= 0.6 is 0 Å². The van der Waals surface area contributed by atoms with Gasteiger partial charge < -0.3 is 18.9 Å². The van der Waals surface area contributed by atoms with E-state index in [9.17, 15) is 4.79 Å². The fraction of sp³-hybridized carbons (Fsp3) is 0.583. The van der Waals surface area contributed by atoms with E-state index in [1.807, 2.05) is 27.7 Å². The van der Waals surface area contributed by atoms with Gasteiger partial charge in [0.2, 0.25) is 0 Å². The van der Waals surface area contributed by atoms with E-state index in [1.165, 1.54) is 0 Å². The lowest BCUT2D eigenvalue weighted by Crippen LogP contribution is -2.41. The van der Waals surface area contributed by atoms with Crippen LogP contribution in [0, 0.1) is 0 Å². The number of aromatic nitrogens is 1. The number of likely N-dealkylation sites (tertiary alicyclic amines) is 1. The van der Waals surface area contributed by atoms with Crippen LogP contribution in [-0.4, -0.2) is 53.5 Å². The average molecular weight is 424 g/mol. The maximum Gasteiger partial charge on any atom is 0.494 e. The van der Waals surface area contributed by atoms with Crippen molar-refractivity contribution < 1.29 is 18.8 Å². The number of hydrogen-bond acceptors (Lipinski definition) is 5. The Hall–Kier alpha value is -2.12. The fourth-order valence-electron chi connectivity index (χ4n) is 4.10. The number of pyridine rings is 1. The Morgan fingerprint density at radius 2 is 1.87 bits per heavy atom. The van der Waals surface area contributed by atoms with Gasteiger partial charge >= 0.3 is 13.2 Å². The molecule has 1 aromatic heterocycles. The van der Waals surface area contributed by atoms with Crippen LogP contribution in [0.2, 0.25) is 0 Å². The third-order valence-electron chi connectivity index (χ3n) is 6.29. The number of benzene rings is 1. The van der Waals surface area contributed by atoms with Crippen molar-refractivity contribution in [3.8, 4) is 0 Å². The monoisotopic (exact) mass is 424 g/mol. The van der Waals surface area contributed by atoms with E-state index >= 15 is 0 Å². The average Bonchev–Trinajstić information content (AvgIpc) is 2.98. The fourth-order valence-corrected chi connectivity index (χ4v) is 4.10. The van der Waals surface area contributed by atoms with Gasteiger partial charge in [0.1, 0.15) is 5.60 Å². The summed E-state index contributed by atoms with van der Waals surface area (Å²) in [5, 5.41) is 1.10. The lowest BCUT2D eigenvalue weighted by atomic mass is 9.78. The lowest BCUT2D eigenvalue weighted by Gasteiger charge is -2.33. The van der Waals surface area contributed by atoms with Crippen molar-refractivity contribution in [1.29, 1.82) is 0 Å². The van der Waals surface area contributed by atoms with Crippen LogP contribution in [0.25, 0.3) is 10.9 Å². The maximum atomic E-state index is 12.3. The minimum Gasteiger partial charge on any atom is -0.444 e. The van der Waals surface area contributed by atoms with Crippen molar-refractivity contribution in [2.24, 2.45) is 0 Å². The minimum atomic E-state index is -0.467. The van der Waals surface area contributed by atoms with Gasteiger partial charge in [-0.3, -0.25) is 4.98 Å². The normalized spacial score (nSPS) is 22.2. The van der Waals surface area contributed by atoms with Crippen molar-refractivity contribution in [1.82, 2.24) is 9.88 Å². The Morgan fingerprint density at radius 1 is 1.19 bits per heavy atom. The zero-order valence-corrected chi connectivity index (χ0v) is 19.5. The van der Waals surface area contributed by atoms with Gasteiger partial charge in [-0.2, -0.15) is 0 Å². The molecule has 7 heteroatoms. The van der Waals surface area contributed by atoms with E-state index in [0.29, 0.717) is 19.0 Å². The highest BCUT2D eigenvalue weighted by Crippen LogP contribution is 2.30. The molecule has 166 valence electrons. The number of amides is 1. The molecule has 2 fully saturated rings. The van der Waals surface area contributed by atoms with Crippen LogP contribution in [-0.2, 0) is 14.0 Å². The molecule has 6 nitrogen and oxygen atoms in total. The highest BCUT2D eigenvalue weighted by Gasteiger charge is 2.43. The zero-order valence-electron chi connectivity index (χ0n) is 19.5. The summed E-state index contributed by atoms with van der Waals surface area (Å²) in [7, 11) is -0.364. The van der Waals surface area contributed by atoms with E-state index < -0.39 is 5.60 Å². The molecule has 0 aliphatic carbocycles. The zero-order chi connectivity index (χ0) is 22.4. The topological polar surface area (TPSA) is 60.9 Å². The smallest absolute Gasteiger partial charge is 0.444 e. The largest absolute Gasteiger partial charge is 0.494 e. The Labute approximate surface area is 185 Å². The first kappa shape index (κ1) is 22.1. The van der Waals surface area contributed by atoms with Gasteiger partial charge in [0, 0.05) is 30.1 Å². The first-order valence-electron chi connectivity index (χ1n) is 11.2. The Bertz CT molecular complexity index is 964. The number of ether oxygens (including phenoxy) is 1. The van der Waals surface area contributed by atoms with Crippen LogP contribution in [0.4, 0.5) is 4.79 Å². The molecule has 1 amide bonds. The quantitative estimate of drug-likeness (QED) is 0.675. The Kier molecular flexibility index (Phi) is 5.77. The summed E-state index contributed by atoms with van der Waals surface area (Å²) in [4.78, 5) is 19.1. The highest BCUT2D eigenvalue weighted by atomic mass is 16.7. The summed E-state index contributed by atoms with van der Waals surface area (Å²) in [6.45, 7) is 13.2. The molecule has 0 radical (unpaired) electrons. The van der Waals surface area contributed by atoms with Crippen molar-refractivity contribution in [2.45, 2.75) is 77.6 Å². The van der Waals surface area contributed by atoms with Crippen molar-refractivity contribution in [3.63, 3.8) is 0 Å². The minimum absolute atomic E-state index is 0.0302. The van der Waals surface area contributed by atoms with Crippen LogP contribution < -0.4 is 5.46 Å². The molecule has 2 aromatic rings. The number of carbonyl (C=O) groups is 1. The van der Waals surface area contributed by atoms with E-state index in [1.54, 1.807) is 4.90 Å². The lowest BCUT2D eigenvalue weighted by molar-refractivity contribution is 0.0204. The molecule has 1 unspecified atom stereocenters. The number of nitrogens with zero attached hydrogens (tertiary/aromatic N) is 2. The number of rotatable bonds is 2.